The molecule has 0 radical (unpaired) electrons. The maximum Gasteiger partial charge on any atom is 0.251 e. The molecule has 0 saturated carbocycles. The molecule has 24 heavy (non-hydrogen) atoms. The van der Waals surface area contributed by atoms with Gasteiger partial charge in [-0.25, -0.2) is 0 Å². The number of hydrogen-bond acceptors (Lipinski definition) is 3. The van der Waals surface area contributed by atoms with E-state index in [0.29, 0.717) is 17.8 Å². The highest BCUT2D eigenvalue weighted by Gasteiger charge is 2.11. The van der Waals surface area contributed by atoms with Crippen LogP contribution in [0.15, 0.2) is 24.3 Å². The van der Waals surface area contributed by atoms with Gasteiger partial charge < -0.3 is 10.6 Å². The first-order valence-electron chi connectivity index (χ1n) is 8.93. The first kappa shape index (κ1) is 20.2. The van der Waals surface area contributed by atoms with E-state index in [0.717, 1.165) is 32.4 Å². The van der Waals surface area contributed by atoms with Gasteiger partial charge in [0.1, 0.15) is 0 Å². The maximum atomic E-state index is 12.1. The van der Waals surface area contributed by atoms with Gasteiger partial charge >= 0.3 is 0 Å². The van der Waals surface area contributed by atoms with E-state index in [1.807, 2.05) is 13.8 Å². The number of rotatable bonds is 10. The third-order valence-electron chi connectivity index (χ3n) is 3.87. The van der Waals surface area contributed by atoms with Crippen molar-refractivity contribution in [1.82, 2.24) is 10.2 Å². The van der Waals surface area contributed by atoms with Crippen LogP contribution in [0.25, 0.3) is 0 Å². The van der Waals surface area contributed by atoms with E-state index < -0.39 is 0 Å². The van der Waals surface area contributed by atoms with Crippen LogP contribution in [0.5, 0.6) is 0 Å². The normalized spacial score (nSPS) is 12.0. The quantitative estimate of drug-likeness (QED) is 0.691. The molecule has 0 fully saturated rings. The summed E-state index contributed by atoms with van der Waals surface area (Å²) in [5, 5.41) is 5.82. The number of amides is 2. The molecule has 0 aromatic heterocycles. The van der Waals surface area contributed by atoms with E-state index in [1.54, 1.807) is 24.3 Å². The Morgan fingerprint density at radius 1 is 1.04 bits per heavy atom. The van der Waals surface area contributed by atoms with Gasteiger partial charge in [-0.2, -0.15) is 0 Å². The number of carbonyl (C=O) groups is 2. The van der Waals surface area contributed by atoms with Crippen LogP contribution in [0, 0.1) is 0 Å². The largest absolute Gasteiger partial charge is 0.350 e. The molecule has 1 unspecified atom stereocenters. The van der Waals surface area contributed by atoms with Gasteiger partial charge in [0.2, 0.25) is 5.91 Å². The molecule has 1 aromatic rings. The molecular formula is C19H31N3O2. The van der Waals surface area contributed by atoms with Crippen molar-refractivity contribution in [3.8, 4) is 0 Å². The lowest BCUT2D eigenvalue weighted by Crippen LogP contribution is -2.34. The SMILES string of the molecule is CCCN(CCC)CC(=O)Nc1ccc(C(=O)NC(C)CC)cc1. The van der Waals surface area contributed by atoms with Crippen LogP contribution < -0.4 is 10.6 Å². The maximum absolute atomic E-state index is 12.1. The molecule has 5 heteroatoms. The van der Waals surface area contributed by atoms with Crippen molar-refractivity contribution in [3.05, 3.63) is 29.8 Å². The van der Waals surface area contributed by atoms with Gasteiger partial charge in [-0.1, -0.05) is 20.8 Å². The second-order valence-corrected chi connectivity index (χ2v) is 6.18. The number of hydrogen-bond donors (Lipinski definition) is 2. The second-order valence-electron chi connectivity index (χ2n) is 6.18. The Kier molecular flexibility index (Phi) is 9.08. The Hall–Kier alpha value is -1.88. The molecule has 1 atom stereocenters. The van der Waals surface area contributed by atoms with Gasteiger partial charge in [0, 0.05) is 17.3 Å². The molecule has 0 aliphatic rings. The van der Waals surface area contributed by atoms with E-state index in [4.69, 9.17) is 0 Å². The van der Waals surface area contributed by atoms with Gasteiger partial charge in [-0.15, -0.1) is 0 Å². The number of benzene rings is 1. The lowest BCUT2D eigenvalue weighted by Gasteiger charge is -2.20. The molecular weight excluding hydrogens is 302 g/mol. The van der Waals surface area contributed by atoms with Gasteiger partial charge in [-0.05, 0) is 63.5 Å². The fraction of sp³-hybridized carbons (Fsp3) is 0.579. The third kappa shape index (κ3) is 7.13. The summed E-state index contributed by atoms with van der Waals surface area (Å²) in [5.74, 6) is -0.104. The molecule has 2 N–H and O–H groups in total. The van der Waals surface area contributed by atoms with Crippen LogP contribution in [-0.4, -0.2) is 42.4 Å². The van der Waals surface area contributed by atoms with Gasteiger partial charge in [0.25, 0.3) is 5.91 Å². The number of anilines is 1. The average molecular weight is 333 g/mol. The summed E-state index contributed by atoms with van der Waals surface area (Å²) >= 11 is 0. The first-order valence-corrected chi connectivity index (χ1v) is 8.93. The molecule has 2 amide bonds. The fourth-order valence-corrected chi connectivity index (χ4v) is 2.42. The Labute approximate surface area is 145 Å². The molecule has 1 aromatic carbocycles. The molecule has 0 bridgehead atoms. The minimum atomic E-state index is -0.0840. The molecule has 0 aliphatic heterocycles. The van der Waals surface area contributed by atoms with Gasteiger partial charge in [0.15, 0.2) is 0 Å². The van der Waals surface area contributed by atoms with Crippen LogP contribution in [0.4, 0.5) is 5.69 Å². The van der Waals surface area contributed by atoms with Crippen LogP contribution in [0.1, 0.15) is 57.3 Å². The fourth-order valence-electron chi connectivity index (χ4n) is 2.42. The van der Waals surface area contributed by atoms with Crippen molar-refractivity contribution in [2.45, 2.75) is 53.0 Å². The van der Waals surface area contributed by atoms with Crippen molar-refractivity contribution in [2.75, 3.05) is 25.0 Å². The minimum absolute atomic E-state index is 0.0197. The molecule has 0 heterocycles. The summed E-state index contributed by atoms with van der Waals surface area (Å²) in [4.78, 5) is 26.3. The zero-order valence-electron chi connectivity index (χ0n) is 15.4. The Morgan fingerprint density at radius 2 is 1.62 bits per heavy atom. The number of nitrogens with one attached hydrogen (secondary N) is 2. The summed E-state index contributed by atoms with van der Waals surface area (Å²) in [6, 6.07) is 7.17. The Morgan fingerprint density at radius 3 is 2.12 bits per heavy atom. The molecule has 0 saturated heterocycles. The lowest BCUT2D eigenvalue weighted by atomic mass is 10.1. The predicted octanol–water partition coefficient (Wildman–Crippen LogP) is 3.28. The smallest absolute Gasteiger partial charge is 0.251 e. The van der Waals surface area contributed by atoms with Gasteiger partial charge in [0.05, 0.1) is 6.54 Å². The molecule has 5 nitrogen and oxygen atoms in total. The highest BCUT2D eigenvalue weighted by Crippen LogP contribution is 2.10. The second kappa shape index (κ2) is 10.8. The third-order valence-corrected chi connectivity index (χ3v) is 3.87. The monoisotopic (exact) mass is 333 g/mol. The van der Waals surface area contributed by atoms with E-state index in [1.165, 1.54) is 0 Å². The van der Waals surface area contributed by atoms with Crippen molar-refractivity contribution in [3.63, 3.8) is 0 Å². The number of carbonyl (C=O) groups excluding carboxylic acids is 2. The van der Waals surface area contributed by atoms with E-state index in [2.05, 4.69) is 29.4 Å². The highest BCUT2D eigenvalue weighted by molar-refractivity contribution is 5.96. The summed E-state index contributed by atoms with van der Waals surface area (Å²) in [7, 11) is 0. The minimum Gasteiger partial charge on any atom is -0.350 e. The molecule has 0 spiro atoms. The van der Waals surface area contributed by atoms with E-state index >= 15 is 0 Å². The lowest BCUT2D eigenvalue weighted by molar-refractivity contribution is -0.117. The van der Waals surface area contributed by atoms with Crippen molar-refractivity contribution < 1.29 is 9.59 Å². The summed E-state index contributed by atoms with van der Waals surface area (Å²) in [6.07, 6.45) is 2.96. The van der Waals surface area contributed by atoms with E-state index in [9.17, 15) is 9.59 Å². The Balaban J connectivity index is 2.56. The van der Waals surface area contributed by atoms with Crippen LogP contribution in [-0.2, 0) is 4.79 Å². The van der Waals surface area contributed by atoms with Crippen molar-refractivity contribution in [2.24, 2.45) is 0 Å². The predicted molar refractivity (Wildman–Crippen MR) is 99.3 cm³/mol. The van der Waals surface area contributed by atoms with E-state index in [-0.39, 0.29) is 17.9 Å². The summed E-state index contributed by atoms with van der Waals surface area (Å²) < 4.78 is 0. The zero-order chi connectivity index (χ0) is 17.9. The van der Waals surface area contributed by atoms with Crippen LogP contribution >= 0.6 is 0 Å². The topological polar surface area (TPSA) is 61.4 Å². The first-order chi connectivity index (χ1) is 11.5. The summed E-state index contributed by atoms with van der Waals surface area (Å²) in [5.41, 5.74) is 1.32. The standard InChI is InChI=1S/C19H31N3O2/c1-5-12-22(13-6-2)14-18(23)21-17-10-8-16(9-11-17)19(24)20-15(4)7-3/h8-11,15H,5-7,12-14H2,1-4H3,(H,20,24)(H,21,23). The Bertz CT molecular complexity index is 508. The van der Waals surface area contributed by atoms with Crippen LogP contribution in [0.3, 0.4) is 0 Å². The zero-order valence-corrected chi connectivity index (χ0v) is 15.4. The van der Waals surface area contributed by atoms with Crippen molar-refractivity contribution >= 4 is 17.5 Å². The van der Waals surface area contributed by atoms with Crippen LogP contribution in [0.2, 0.25) is 0 Å². The molecule has 0 aliphatic carbocycles. The van der Waals surface area contributed by atoms with Gasteiger partial charge in [-0.3, -0.25) is 14.5 Å². The average Bonchev–Trinajstić information content (AvgIpc) is 2.55. The number of nitrogens with zero attached hydrogens (tertiary/aromatic N) is 1. The molecule has 134 valence electrons. The summed E-state index contributed by atoms with van der Waals surface area (Å²) in [6.45, 7) is 10.5. The van der Waals surface area contributed by atoms with Crippen molar-refractivity contribution in [1.29, 1.82) is 0 Å². The highest BCUT2D eigenvalue weighted by atomic mass is 16.2. The molecule has 1 rings (SSSR count).